The van der Waals surface area contributed by atoms with E-state index in [-0.39, 0.29) is 11.6 Å². The molecule has 4 aromatic rings. The lowest BCUT2D eigenvalue weighted by atomic mass is 9.81. The van der Waals surface area contributed by atoms with Crippen molar-refractivity contribution in [2.24, 2.45) is 7.05 Å². The van der Waals surface area contributed by atoms with Crippen LogP contribution in [0.25, 0.3) is 22.7 Å². The van der Waals surface area contributed by atoms with E-state index in [1.807, 2.05) is 35.9 Å². The molecular weight excluding hydrogens is 376 g/mol. The maximum absolute atomic E-state index is 13.2. The molecule has 144 valence electrons. The summed E-state index contributed by atoms with van der Waals surface area (Å²) in [5, 5.41) is 0. The number of imidazole rings is 1. The number of allylic oxidation sites excluding steroid dienone is 1. The number of para-hydroxylation sites is 2. The number of aldehydes is 1. The van der Waals surface area contributed by atoms with Crippen LogP contribution in [0.3, 0.4) is 0 Å². The molecule has 5 nitrogen and oxygen atoms in total. The molecule has 1 heterocycles. The summed E-state index contributed by atoms with van der Waals surface area (Å²) in [5.41, 5.74) is 3.99. The first-order valence-electron chi connectivity index (χ1n) is 9.50. The number of ketones is 2. The number of aryl methyl sites for hydroxylation is 1. The molecule has 1 aliphatic carbocycles. The van der Waals surface area contributed by atoms with Crippen molar-refractivity contribution in [1.29, 1.82) is 0 Å². The lowest BCUT2D eigenvalue weighted by Gasteiger charge is -2.19. The Hall–Kier alpha value is -4.12. The van der Waals surface area contributed by atoms with Crippen LogP contribution in [0.15, 0.2) is 66.7 Å². The van der Waals surface area contributed by atoms with Crippen molar-refractivity contribution in [3.8, 4) is 0 Å². The smallest absolute Gasteiger partial charge is 0.195 e. The van der Waals surface area contributed by atoms with E-state index in [9.17, 15) is 14.4 Å². The molecule has 0 amide bonds. The van der Waals surface area contributed by atoms with E-state index in [1.54, 1.807) is 48.5 Å². The minimum atomic E-state index is -0.220. The Bertz CT molecular complexity index is 1410. The average Bonchev–Trinajstić information content (AvgIpc) is 3.12. The molecule has 0 saturated heterocycles. The quantitative estimate of drug-likeness (QED) is 0.343. The first kappa shape index (κ1) is 17.9. The van der Waals surface area contributed by atoms with Gasteiger partial charge in [0.1, 0.15) is 5.82 Å². The van der Waals surface area contributed by atoms with Gasteiger partial charge in [-0.3, -0.25) is 14.4 Å². The summed E-state index contributed by atoms with van der Waals surface area (Å²) in [5.74, 6) is 0.0897. The fourth-order valence-corrected chi connectivity index (χ4v) is 4.01. The Kier molecular flexibility index (Phi) is 4.03. The summed E-state index contributed by atoms with van der Waals surface area (Å²) in [6, 6.07) is 19.5. The molecule has 0 bridgehead atoms. The monoisotopic (exact) mass is 392 g/mol. The van der Waals surface area contributed by atoms with Crippen LogP contribution in [-0.4, -0.2) is 27.4 Å². The maximum Gasteiger partial charge on any atom is 0.195 e. The van der Waals surface area contributed by atoms with Crippen LogP contribution in [0, 0.1) is 0 Å². The van der Waals surface area contributed by atoms with Crippen molar-refractivity contribution in [2.75, 3.05) is 0 Å². The van der Waals surface area contributed by atoms with Crippen molar-refractivity contribution >= 4 is 40.5 Å². The first-order chi connectivity index (χ1) is 14.6. The van der Waals surface area contributed by atoms with Crippen LogP contribution in [0.4, 0.5) is 0 Å². The minimum absolute atomic E-state index is 0.189. The first-order valence-corrected chi connectivity index (χ1v) is 9.50. The Morgan fingerprint density at radius 1 is 0.833 bits per heavy atom. The van der Waals surface area contributed by atoms with Gasteiger partial charge in [-0.15, -0.1) is 0 Å². The molecular formula is C25H16N2O3. The van der Waals surface area contributed by atoms with Gasteiger partial charge in [-0.2, -0.15) is 0 Å². The third-order valence-corrected chi connectivity index (χ3v) is 5.47. The van der Waals surface area contributed by atoms with E-state index >= 15 is 0 Å². The van der Waals surface area contributed by atoms with Gasteiger partial charge in [0.25, 0.3) is 0 Å². The van der Waals surface area contributed by atoms with Gasteiger partial charge in [-0.1, -0.05) is 54.6 Å². The van der Waals surface area contributed by atoms with Gasteiger partial charge >= 0.3 is 0 Å². The third-order valence-electron chi connectivity index (χ3n) is 5.47. The van der Waals surface area contributed by atoms with Gasteiger partial charge < -0.3 is 4.57 Å². The highest BCUT2D eigenvalue weighted by Crippen LogP contribution is 2.31. The van der Waals surface area contributed by atoms with Crippen molar-refractivity contribution in [3.63, 3.8) is 0 Å². The fraction of sp³-hybridized carbons (Fsp3) is 0.0400. The summed E-state index contributed by atoms with van der Waals surface area (Å²) in [4.78, 5) is 42.7. The van der Waals surface area contributed by atoms with Crippen LogP contribution in [-0.2, 0) is 11.8 Å². The SMILES string of the molecule is Cn1c(C(C=O)=Cc2cccc3c2C(=O)c2ccccc2C3=O)nc2ccccc21. The second-order valence-corrected chi connectivity index (χ2v) is 7.17. The highest BCUT2D eigenvalue weighted by Gasteiger charge is 2.30. The second-order valence-electron chi connectivity index (χ2n) is 7.17. The molecule has 0 saturated carbocycles. The van der Waals surface area contributed by atoms with E-state index in [0.29, 0.717) is 39.2 Å². The van der Waals surface area contributed by atoms with Crippen molar-refractivity contribution in [2.45, 2.75) is 0 Å². The molecule has 0 atom stereocenters. The lowest BCUT2D eigenvalue weighted by Crippen LogP contribution is -2.21. The summed E-state index contributed by atoms with van der Waals surface area (Å²) in [6.45, 7) is 0. The molecule has 5 rings (SSSR count). The van der Waals surface area contributed by atoms with E-state index in [1.165, 1.54) is 0 Å². The van der Waals surface area contributed by atoms with Gasteiger partial charge in [-0.25, -0.2) is 4.98 Å². The van der Waals surface area contributed by atoms with Gasteiger partial charge in [0.05, 0.1) is 16.6 Å². The van der Waals surface area contributed by atoms with E-state index in [2.05, 4.69) is 4.98 Å². The Morgan fingerprint density at radius 3 is 2.23 bits per heavy atom. The number of fused-ring (bicyclic) bond motifs is 3. The van der Waals surface area contributed by atoms with E-state index in [4.69, 9.17) is 0 Å². The van der Waals surface area contributed by atoms with Gasteiger partial charge in [0, 0.05) is 29.3 Å². The van der Waals surface area contributed by atoms with Crippen molar-refractivity contribution < 1.29 is 14.4 Å². The zero-order valence-corrected chi connectivity index (χ0v) is 16.1. The van der Waals surface area contributed by atoms with E-state index < -0.39 is 0 Å². The Labute approximate surface area is 172 Å². The second kappa shape index (κ2) is 6.74. The van der Waals surface area contributed by atoms with Crippen LogP contribution >= 0.6 is 0 Å². The van der Waals surface area contributed by atoms with Gasteiger partial charge in [0.2, 0.25) is 0 Å². The standard InChI is InChI=1S/C25H16N2O3/c1-27-21-12-5-4-11-20(21)26-25(27)16(14-28)13-15-7-6-10-19-22(15)24(30)18-9-3-2-8-17(18)23(19)29/h2-14H,1H3. The van der Waals surface area contributed by atoms with Gasteiger partial charge in [0.15, 0.2) is 17.9 Å². The molecule has 1 aliphatic rings. The van der Waals surface area contributed by atoms with E-state index in [0.717, 1.165) is 17.3 Å². The van der Waals surface area contributed by atoms with Gasteiger partial charge in [-0.05, 0) is 23.8 Å². The highest BCUT2D eigenvalue weighted by atomic mass is 16.1. The Balaban J connectivity index is 1.71. The fourth-order valence-electron chi connectivity index (χ4n) is 4.01. The molecule has 0 aliphatic heterocycles. The zero-order valence-electron chi connectivity index (χ0n) is 16.1. The number of aromatic nitrogens is 2. The average molecular weight is 392 g/mol. The third kappa shape index (κ3) is 2.56. The van der Waals surface area contributed by atoms with Crippen LogP contribution in [0.2, 0.25) is 0 Å². The molecule has 3 aromatic carbocycles. The molecule has 5 heteroatoms. The topological polar surface area (TPSA) is 69.0 Å². The number of hydrogen-bond donors (Lipinski definition) is 0. The maximum atomic E-state index is 13.2. The predicted octanol–water partition coefficient (Wildman–Crippen LogP) is 4.09. The van der Waals surface area contributed by atoms with Crippen LogP contribution < -0.4 is 0 Å². The molecule has 30 heavy (non-hydrogen) atoms. The summed E-state index contributed by atoms with van der Waals surface area (Å²) >= 11 is 0. The molecule has 0 unspecified atom stereocenters. The largest absolute Gasteiger partial charge is 0.327 e. The molecule has 1 aromatic heterocycles. The van der Waals surface area contributed by atoms with Crippen molar-refractivity contribution in [1.82, 2.24) is 9.55 Å². The summed E-state index contributed by atoms with van der Waals surface area (Å²) in [6.07, 6.45) is 2.36. The number of carbonyl (C=O) groups is 3. The van der Waals surface area contributed by atoms with Crippen LogP contribution in [0.1, 0.15) is 43.2 Å². The lowest BCUT2D eigenvalue weighted by molar-refractivity contribution is -0.103. The normalized spacial score (nSPS) is 13.3. The molecule has 0 radical (unpaired) electrons. The summed E-state index contributed by atoms with van der Waals surface area (Å²) < 4.78 is 1.84. The van der Waals surface area contributed by atoms with Crippen LogP contribution in [0.5, 0.6) is 0 Å². The number of nitrogens with zero attached hydrogens (tertiary/aromatic N) is 2. The predicted molar refractivity (Wildman–Crippen MR) is 114 cm³/mol. The minimum Gasteiger partial charge on any atom is -0.327 e. The number of rotatable bonds is 3. The number of benzene rings is 3. The Morgan fingerprint density at radius 2 is 1.50 bits per heavy atom. The summed E-state index contributed by atoms with van der Waals surface area (Å²) in [7, 11) is 1.84. The number of carbonyl (C=O) groups excluding carboxylic acids is 3. The molecule has 0 spiro atoms. The number of hydrogen-bond acceptors (Lipinski definition) is 4. The molecule has 0 N–H and O–H groups in total. The van der Waals surface area contributed by atoms with Crippen molar-refractivity contribution in [3.05, 3.63) is 100 Å². The molecule has 0 fully saturated rings. The highest BCUT2D eigenvalue weighted by molar-refractivity contribution is 6.30. The zero-order chi connectivity index (χ0) is 20.8.